The maximum atomic E-state index is 12.0. The smallest absolute Gasteiger partial charge is 0.263 e. The number of imide groups is 1. The van der Waals surface area contributed by atoms with Crippen molar-refractivity contribution in [2.75, 3.05) is 7.05 Å². The molecule has 0 heterocycles. The number of nitriles is 1. The topological polar surface area (TPSA) is 61.2 Å². The highest BCUT2D eigenvalue weighted by atomic mass is 32.2. The van der Waals surface area contributed by atoms with Crippen LogP contribution in [-0.4, -0.2) is 23.1 Å². The molecule has 2 aromatic rings. The van der Waals surface area contributed by atoms with Crippen LogP contribution in [0.5, 0.6) is 0 Å². The van der Waals surface area contributed by atoms with Crippen molar-refractivity contribution in [1.29, 1.82) is 5.26 Å². The Kier molecular flexibility index (Phi) is 4.75. The van der Waals surface area contributed by atoms with E-state index in [0.29, 0.717) is 0 Å². The molecule has 2 amide bonds. The Morgan fingerprint density at radius 3 is 2.33 bits per heavy atom. The van der Waals surface area contributed by atoms with Gasteiger partial charge in [0.1, 0.15) is 0 Å². The van der Waals surface area contributed by atoms with Gasteiger partial charge in [-0.1, -0.05) is 48.5 Å². The highest BCUT2D eigenvalue weighted by Crippen LogP contribution is 2.32. The van der Waals surface area contributed by atoms with Gasteiger partial charge in [-0.05, 0) is 29.0 Å². The van der Waals surface area contributed by atoms with E-state index in [1.807, 2.05) is 54.6 Å². The van der Waals surface area contributed by atoms with Crippen molar-refractivity contribution < 1.29 is 9.59 Å². The number of carbonyl (C=O) groups is 2. The van der Waals surface area contributed by atoms with Gasteiger partial charge in [0.15, 0.2) is 6.07 Å². The van der Waals surface area contributed by atoms with Crippen molar-refractivity contribution in [2.45, 2.75) is 4.90 Å². The van der Waals surface area contributed by atoms with E-state index in [1.165, 1.54) is 13.1 Å². The monoisotopic (exact) mass is 296 g/mol. The third-order valence-corrected chi connectivity index (χ3v) is 3.87. The molecule has 5 heteroatoms. The van der Waals surface area contributed by atoms with E-state index in [9.17, 15) is 9.59 Å². The van der Waals surface area contributed by atoms with Crippen LogP contribution in [0.15, 0.2) is 59.5 Å². The van der Waals surface area contributed by atoms with Gasteiger partial charge in [0.25, 0.3) is 5.24 Å². The molecule has 4 nitrogen and oxygen atoms in total. The molecule has 0 saturated carbocycles. The zero-order valence-electron chi connectivity index (χ0n) is 11.3. The normalized spacial score (nSPS) is 9.71. The van der Waals surface area contributed by atoms with Crippen LogP contribution in [0.2, 0.25) is 0 Å². The number of nitrogens with zero attached hydrogens (tertiary/aromatic N) is 2. The number of hydrogen-bond donors (Lipinski definition) is 0. The molecule has 0 saturated heterocycles. The Balaban J connectivity index is 2.28. The Bertz CT molecular complexity index is 708. The summed E-state index contributed by atoms with van der Waals surface area (Å²) in [4.78, 5) is 24.8. The van der Waals surface area contributed by atoms with E-state index < -0.39 is 11.1 Å². The fourth-order valence-electron chi connectivity index (χ4n) is 1.73. The van der Waals surface area contributed by atoms with Crippen LogP contribution in [0, 0.1) is 11.3 Å². The summed E-state index contributed by atoms with van der Waals surface area (Å²) < 4.78 is 0. The summed E-state index contributed by atoms with van der Waals surface area (Å²) in [5.41, 5.74) is 1.90. The quantitative estimate of drug-likeness (QED) is 0.628. The van der Waals surface area contributed by atoms with E-state index >= 15 is 0 Å². The molecule has 0 N–H and O–H groups in total. The molecule has 2 aromatic carbocycles. The zero-order valence-corrected chi connectivity index (χ0v) is 12.1. The summed E-state index contributed by atoms with van der Waals surface area (Å²) in [6, 6.07) is 18.5. The number of rotatable bonds is 2. The van der Waals surface area contributed by atoms with Crippen LogP contribution in [-0.2, 0) is 4.79 Å². The zero-order chi connectivity index (χ0) is 15.2. The first-order valence-corrected chi connectivity index (χ1v) is 6.99. The Hall–Kier alpha value is -2.58. The molecule has 0 aliphatic carbocycles. The molecule has 2 rings (SSSR count). The Labute approximate surface area is 127 Å². The average molecular weight is 296 g/mol. The van der Waals surface area contributed by atoms with Crippen LogP contribution in [0.25, 0.3) is 11.1 Å². The van der Waals surface area contributed by atoms with E-state index in [0.717, 1.165) is 32.7 Å². The molecule has 0 aliphatic heterocycles. The van der Waals surface area contributed by atoms with Crippen molar-refractivity contribution in [2.24, 2.45) is 0 Å². The summed E-state index contributed by atoms with van der Waals surface area (Å²) in [6.45, 7) is 0. The molecule has 0 unspecified atom stereocenters. The van der Waals surface area contributed by atoms with Crippen LogP contribution in [0.4, 0.5) is 4.79 Å². The Morgan fingerprint density at radius 2 is 1.67 bits per heavy atom. The summed E-state index contributed by atoms with van der Waals surface area (Å²) in [7, 11) is 1.30. The summed E-state index contributed by atoms with van der Waals surface area (Å²) in [5.74, 6) is -0.871. The minimum absolute atomic E-state index is 0.482. The summed E-state index contributed by atoms with van der Waals surface area (Å²) in [6.07, 6.45) is 0. The second-order valence-corrected chi connectivity index (χ2v) is 5.20. The highest BCUT2D eigenvalue weighted by Gasteiger charge is 2.18. The van der Waals surface area contributed by atoms with Crippen molar-refractivity contribution in [1.82, 2.24) is 4.90 Å². The molecule has 104 valence electrons. The largest absolute Gasteiger partial charge is 0.331 e. The molecule has 0 fully saturated rings. The summed E-state index contributed by atoms with van der Waals surface area (Å²) >= 11 is 0.932. The van der Waals surface area contributed by atoms with Crippen LogP contribution in [0.3, 0.4) is 0 Å². The van der Waals surface area contributed by atoms with Crippen LogP contribution < -0.4 is 0 Å². The molecule has 0 radical (unpaired) electrons. The minimum atomic E-state index is -0.871. The number of hydrogen-bond acceptors (Lipinski definition) is 4. The van der Waals surface area contributed by atoms with Gasteiger partial charge < -0.3 is 0 Å². The van der Waals surface area contributed by atoms with Crippen molar-refractivity contribution in [3.63, 3.8) is 0 Å². The lowest BCUT2D eigenvalue weighted by molar-refractivity contribution is -0.121. The second-order valence-electron chi connectivity index (χ2n) is 4.21. The molecule has 0 aliphatic rings. The molecule has 21 heavy (non-hydrogen) atoms. The first-order chi connectivity index (χ1) is 10.1. The van der Waals surface area contributed by atoms with E-state index in [1.54, 1.807) is 0 Å². The van der Waals surface area contributed by atoms with E-state index in [4.69, 9.17) is 5.26 Å². The molecular weight excluding hydrogens is 284 g/mol. The molecule has 0 atom stereocenters. The van der Waals surface area contributed by atoms with Gasteiger partial charge in [-0.25, -0.2) is 0 Å². The predicted octanol–water partition coefficient (Wildman–Crippen LogP) is 3.55. The van der Waals surface area contributed by atoms with E-state index in [-0.39, 0.29) is 0 Å². The molecule has 0 spiro atoms. The van der Waals surface area contributed by atoms with Gasteiger partial charge in [-0.15, -0.1) is 0 Å². The number of thioether (sulfide) groups is 1. The second kappa shape index (κ2) is 6.73. The lowest BCUT2D eigenvalue weighted by atomic mass is 10.1. The number of carbonyl (C=O) groups excluding carboxylic acids is 2. The predicted molar refractivity (Wildman–Crippen MR) is 81.5 cm³/mol. The van der Waals surface area contributed by atoms with Gasteiger partial charge >= 0.3 is 5.91 Å². The first kappa shape index (κ1) is 14.8. The maximum absolute atomic E-state index is 12.0. The number of benzene rings is 2. The van der Waals surface area contributed by atoms with E-state index in [2.05, 4.69) is 0 Å². The first-order valence-electron chi connectivity index (χ1n) is 6.17. The third kappa shape index (κ3) is 3.50. The number of amides is 2. The van der Waals surface area contributed by atoms with Crippen LogP contribution >= 0.6 is 11.8 Å². The van der Waals surface area contributed by atoms with Gasteiger partial charge in [0.2, 0.25) is 0 Å². The fourth-order valence-corrected chi connectivity index (χ4v) is 2.58. The van der Waals surface area contributed by atoms with Gasteiger partial charge in [-0.2, -0.15) is 5.26 Å². The SMILES string of the molecule is CN(C(=O)C#N)C(=O)Sc1ccccc1-c1ccccc1. The molecule has 0 aromatic heterocycles. The highest BCUT2D eigenvalue weighted by molar-refractivity contribution is 8.13. The molecule has 0 bridgehead atoms. The van der Waals surface area contributed by atoms with Crippen molar-refractivity contribution in [3.05, 3.63) is 54.6 Å². The van der Waals surface area contributed by atoms with Gasteiger partial charge in [0, 0.05) is 11.9 Å². The molecular formula is C16H12N2O2S. The average Bonchev–Trinajstić information content (AvgIpc) is 2.54. The fraction of sp³-hybridized carbons (Fsp3) is 0.0625. The van der Waals surface area contributed by atoms with Gasteiger partial charge in [0.05, 0.1) is 0 Å². The van der Waals surface area contributed by atoms with Crippen molar-refractivity contribution in [3.8, 4) is 17.2 Å². The lowest BCUT2D eigenvalue weighted by Gasteiger charge is -2.12. The lowest BCUT2D eigenvalue weighted by Crippen LogP contribution is -2.28. The van der Waals surface area contributed by atoms with Crippen LogP contribution in [0.1, 0.15) is 0 Å². The standard InChI is InChI=1S/C16H12N2O2S/c1-18(15(19)11-17)16(20)21-14-10-6-5-9-13(14)12-7-3-2-4-8-12/h2-10H,1H3. The van der Waals surface area contributed by atoms with Gasteiger partial charge in [-0.3, -0.25) is 14.5 Å². The van der Waals surface area contributed by atoms with Crippen molar-refractivity contribution >= 4 is 22.9 Å². The Morgan fingerprint density at radius 1 is 1.05 bits per heavy atom. The maximum Gasteiger partial charge on any atom is 0.331 e. The summed E-state index contributed by atoms with van der Waals surface area (Å²) in [5, 5.41) is 8.07. The third-order valence-electron chi connectivity index (χ3n) is 2.84. The minimum Gasteiger partial charge on any atom is -0.263 e.